The molecule has 1 saturated carbocycles. The summed E-state index contributed by atoms with van der Waals surface area (Å²) in [7, 11) is 0. The van der Waals surface area contributed by atoms with E-state index in [0.717, 1.165) is 29.3 Å². The zero-order chi connectivity index (χ0) is 19.0. The van der Waals surface area contributed by atoms with Crippen LogP contribution in [0.5, 0.6) is 0 Å². The maximum atomic E-state index is 14.4. The Hall–Kier alpha value is -2.61. The summed E-state index contributed by atoms with van der Waals surface area (Å²) in [6, 6.07) is 12.2. The standard InChI is InChI=1S/C19H17BrFN5O/c1-12-23-24-25-26(12)15-7-8-16(21)17(11-15)22-18(27)19(9-2-10-19)13-3-5-14(20)6-4-13/h3-8,11H,2,9-10H2,1H3,(H,22,27). The summed E-state index contributed by atoms with van der Waals surface area (Å²) in [5.41, 5.74) is 1.03. The van der Waals surface area contributed by atoms with E-state index in [1.54, 1.807) is 19.1 Å². The third-order valence-corrected chi connectivity index (χ3v) is 5.64. The first-order valence-corrected chi connectivity index (χ1v) is 9.41. The Morgan fingerprint density at radius 2 is 1.96 bits per heavy atom. The molecule has 1 aliphatic rings. The molecule has 0 unspecified atom stereocenters. The van der Waals surface area contributed by atoms with Gasteiger partial charge in [0.25, 0.3) is 0 Å². The topological polar surface area (TPSA) is 72.7 Å². The summed E-state index contributed by atoms with van der Waals surface area (Å²) in [5, 5.41) is 14.1. The number of aryl methyl sites for hydroxylation is 1. The van der Waals surface area contributed by atoms with Crippen molar-refractivity contribution in [2.45, 2.75) is 31.6 Å². The number of nitrogens with one attached hydrogen (secondary N) is 1. The van der Waals surface area contributed by atoms with Gasteiger partial charge in [-0.3, -0.25) is 4.79 Å². The van der Waals surface area contributed by atoms with E-state index in [4.69, 9.17) is 0 Å². The lowest BCUT2D eigenvalue weighted by Gasteiger charge is -2.40. The number of aromatic nitrogens is 4. The summed E-state index contributed by atoms with van der Waals surface area (Å²) in [6.45, 7) is 1.75. The van der Waals surface area contributed by atoms with Gasteiger partial charge in [0.2, 0.25) is 5.91 Å². The van der Waals surface area contributed by atoms with Crippen LogP contribution in [-0.2, 0) is 10.2 Å². The predicted molar refractivity (Wildman–Crippen MR) is 102 cm³/mol. The van der Waals surface area contributed by atoms with Crippen molar-refractivity contribution < 1.29 is 9.18 Å². The maximum absolute atomic E-state index is 14.4. The second kappa shape index (κ2) is 6.84. The van der Waals surface area contributed by atoms with Crippen molar-refractivity contribution in [1.82, 2.24) is 20.2 Å². The Morgan fingerprint density at radius 1 is 1.22 bits per heavy atom. The molecule has 0 saturated heterocycles. The van der Waals surface area contributed by atoms with Crippen molar-refractivity contribution >= 4 is 27.5 Å². The normalized spacial score (nSPS) is 15.2. The smallest absolute Gasteiger partial charge is 0.235 e. The number of anilines is 1. The van der Waals surface area contributed by atoms with E-state index < -0.39 is 11.2 Å². The molecule has 3 aromatic rings. The van der Waals surface area contributed by atoms with Gasteiger partial charge in [-0.15, -0.1) is 5.10 Å². The number of amides is 1. The van der Waals surface area contributed by atoms with Crippen LogP contribution < -0.4 is 5.32 Å². The van der Waals surface area contributed by atoms with Crippen molar-refractivity contribution in [2.75, 3.05) is 5.32 Å². The number of nitrogens with zero attached hydrogens (tertiary/aromatic N) is 4. The average Bonchev–Trinajstić information content (AvgIpc) is 3.03. The zero-order valence-electron chi connectivity index (χ0n) is 14.6. The van der Waals surface area contributed by atoms with Crippen LogP contribution in [-0.4, -0.2) is 26.1 Å². The molecule has 0 atom stereocenters. The first-order chi connectivity index (χ1) is 13.0. The fourth-order valence-corrected chi connectivity index (χ4v) is 3.66. The Morgan fingerprint density at radius 3 is 2.56 bits per heavy atom. The lowest BCUT2D eigenvalue weighted by Crippen LogP contribution is -2.46. The highest BCUT2D eigenvalue weighted by Crippen LogP contribution is 2.45. The molecule has 0 bridgehead atoms. The van der Waals surface area contributed by atoms with Gasteiger partial charge in [0.1, 0.15) is 5.82 Å². The van der Waals surface area contributed by atoms with Gasteiger partial charge in [0, 0.05) is 4.47 Å². The van der Waals surface area contributed by atoms with Gasteiger partial charge >= 0.3 is 0 Å². The summed E-state index contributed by atoms with van der Waals surface area (Å²) in [6.07, 6.45) is 2.46. The highest BCUT2D eigenvalue weighted by molar-refractivity contribution is 9.10. The van der Waals surface area contributed by atoms with Gasteiger partial charge in [0.05, 0.1) is 16.8 Å². The molecule has 0 radical (unpaired) electrons. The molecule has 138 valence electrons. The van der Waals surface area contributed by atoms with Crippen LogP contribution >= 0.6 is 15.9 Å². The maximum Gasteiger partial charge on any atom is 0.235 e. The van der Waals surface area contributed by atoms with Crippen molar-refractivity contribution in [3.05, 3.63) is 64.1 Å². The summed E-state index contributed by atoms with van der Waals surface area (Å²) in [4.78, 5) is 13.1. The minimum Gasteiger partial charge on any atom is -0.323 e. The monoisotopic (exact) mass is 429 g/mol. The quantitative estimate of drug-likeness (QED) is 0.681. The van der Waals surface area contributed by atoms with Crippen LogP contribution in [0.25, 0.3) is 5.69 Å². The molecule has 1 heterocycles. The van der Waals surface area contributed by atoms with Crippen LogP contribution in [0, 0.1) is 12.7 Å². The lowest BCUT2D eigenvalue weighted by atomic mass is 9.64. The SMILES string of the molecule is Cc1nnnn1-c1ccc(F)c(NC(=O)C2(c3ccc(Br)cc3)CCC2)c1. The molecule has 0 spiro atoms. The zero-order valence-corrected chi connectivity index (χ0v) is 16.2. The minimum atomic E-state index is -0.617. The first-order valence-electron chi connectivity index (χ1n) is 8.62. The van der Waals surface area contributed by atoms with Crippen LogP contribution in [0.3, 0.4) is 0 Å². The molecule has 1 aliphatic carbocycles. The molecule has 4 rings (SSSR count). The largest absolute Gasteiger partial charge is 0.323 e. The molecule has 1 aromatic heterocycles. The number of hydrogen-bond acceptors (Lipinski definition) is 4. The number of hydrogen-bond donors (Lipinski definition) is 1. The summed E-state index contributed by atoms with van der Waals surface area (Å²) in [5.74, 6) is -0.118. The molecule has 0 aliphatic heterocycles. The second-order valence-corrected chi connectivity index (χ2v) is 7.61. The lowest BCUT2D eigenvalue weighted by molar-refractivity contribution is -0.124. The third-order valence-electron chi connectivity index (χ3n) is 5.11. The Kier molecular flexibility index (Phi) is 4.51. The van der Waals surface area contributed by atoms with Gasteiger partial charge < -0.3 is 5.32 Å². The molecule has 8 heteroatoms. The van der Waals surface area contributed by atoms with Crippen LogP contribution in [0.15, 0.2) is 46.9 Å². The molecule has 2 aromatic carbocycles. The van der Waals surface area contributed by atoms with E-state index in [1.165, 1.54) is 10.7 Å². The summed E-state index contributed by atoms with van der Waals surface area (Å²) >= 11 is 3.42. The highest BCUT2D eigenvalue weighted by Gasteiger charge is 2.45. The van der Waals surface area contributed by atoms with Crippen molar-refractivity contribution in [3.63, 3.8) is 0 Å². The molecular weight excluding hydrogens is 413 g/mol. The van der Waals surface area contributed by atoms with Crippen molar-refractivity contribution in [3.8, 4) is 5.69 Å². The van der Waals surface area contributed by atoms with Gasteiger partial charge in [-0.25, -0.2) is 4.39 Å². The van der Waals surface area contributed by atoms with E-state index in [0.29, 0.717) is 11.5 Å². The Balaban J connectivity index is 1.64. The summed E-state index contributed by atoms with van der Waals surface area (Å²) < 4.78 is 16.8. The average molecular weight is 430 g/mol. The van der Waals surface area contributed by atoms with E-state index >= 15 is 0 Å². The Labute approximate surface area is 163 Å². The number of carbonyl (C=O) groups excluding carboxylic acids is 1. The van der Waals surface area contributed by atoms with E-state index in [1.807, 2.05) is 24.3 Å². The van der Waals surface area contributed by atoms with Crippen LogP contribution in [0.4, 0.5) is 10.1 Å². The third kappa shape index (κ3) is 3.14. The predicted octanol–water partition coefficient (Wildman–Crippen LogP) is 3.93. The number of benzene rings is 2. The first kappa shape index (κ1) is 17.8. The number of carbonyl (C=O) groups is 1. The molecule has 1 amide bonds. The van der Waals surface area contributed by atoms with Crippen LogP contribution in [0.1, 0.15) is 30.7 Å². The number of rotatable bonds is 4. The molecule has 1 fully saturated rings. The highest BCUT2D eigenvalue weighted by atomic mass is 79.9. The van der Waals surface area contributed by atoms with Crippen molar-refractivity contribution in [1.29, 1.82) is 0 Å². The molecule has 27 heavy (non-hydrogen) atoms. The molecule has 6 nitrogen and oxygen atoms in total. The second-order valence-electron chi connectivity index (χ2n) is 6.70. The number of tetrazole rings is 1. The molecule has 1 N–H and O–H groups in total. The van der Waals surface area contributed by atoms with Gasteiger partial charge in [-0.05, 0) is 66.1 Å². The van der Waals surface area contributed by atoms with Crippen molar-refractivity contribution in [2.24, 2.45) is 0 Å². The van der Waals surface area contributed by atoms with E-state index in [2.05, 4.69) is 36.8 Å². The minimum absolute atomic E-state index is 0.121. The van der Waals surface area contributed by atoms with Gasteiger partial charge in [-0.1, -0.05) is 34.5 Å². The van der Waals surface area contributed by atoms with Gasteiger partial charge in [0.15, 0.2) is 5.82 Å². The van der Waals surface area contributed by atoms with Crippen LogP contribution in [0.2, 0.25) is 0 Å². The fraction of sp³-hybridized carbons (Fsp3) is 0.263. The number of halogens is 2. The molecular formula is C19H17BrFN5O. The van der Waals surface area contributed by atoms with E-state index in [9.17, 15) is 9.18 Å². The fourth-order valence-electron chi connectivity index (χ4n) is 3.40. The Bertz CT molecular complexity index is 998. The van der Waals surface area contributed by atoms with E-state index in [-0.39, 0.29) is 11.6 Å². The van der Waals surface area contributed by atoms with Gasteiger partial charge in [-0.2, -0.15) is 4.68 Å².